The molecule has 0 bridgehead atoms. The molecular weight excluding hydrogens is 166 g/mol. The molecule has 1 aromatic carbocycles. The zero-order valence-corrected chi connectivity index (χ0v) is 7.36. The van der Waals surface area contributed by atoms with Gasteiger partial charge in [0.2, 0.25) is 0 Å². The van der Waals surface area contributed by atoms with E-state index in [1.54, 1.807) is 12.1 Å². The second-order valence-electron chi connectivity index (χ2n) is 3.00. The van der Waals surface area contributed by atoms with E-state index in [1.807, 2.05) is 23.8 Å². The summed E-state index contributed by atoms with van der Waals surface area (Å²) in [5, 5.41) is 19.5. The SMILES string of the molecule is CCn1ccc2cc(O)c(O)cc21. The van der Waals surface area contributed by atoms with Gasteiger partial charge in [-0.3, -0.25) is 0 Å². The number of hydrogen-bond donors (Lipinski definition) is 2. The second kappa shape index (κ2) is 2.69. The number of benzene rings is 1. The molecule has 13 heavy (non-hydrogen) atoms. The Morgan fingerprint density at radius 2 is 1.92 bits per heavy atom. The van der Waals surface area contributed by atoms with Crippen molar-refractivity contribution in [1.82, 2.24) is 4.57 Å². The van der Waals surface area contributed by atoms with Crippen LogP contribution in [0.25, 0.3) is 10.9 Å². The highest BCUT2D eigenvalue weighted by molar-refractivity contribution is 5.83. The molecule has 2 rings (SSSR count). The van der Waals surface area contributed by atoms with Gasteiger partial charge in [-0.25, -0.2) is 0 Å². The van der Waals surface area contributed by atoms with E-state index >= 15 is 0 Å². The molecule has 1 aromatic heterocycles. The molecular formula is C10H11NO2. The Morgan fingerprint density at radius 1 is 1.23 bits per heavy atom. The van der Waals surface area contributed by atoms with Gasteiger partial charge in [0.1, 0.15) is 0 Å². The number of rotatable bonds is 1. The summed E-state index contributed by atoms with van der Waals surface area (Å²) in [6.07, 6.45) is 1.93. The zero-order chi connectivity index (χ0) is 9.42. The minimum atomic E-state index is -0.0686. The standard InChI is InChI=1S/C10H11NO2/c1-2-11-4-3-7-5-9(12)10(13)6-8(7)11/h3-6,12-13H,2H2,1H3. The quantitative estimate of drug-likeness (QED) is 0.655. The third kappa shape index (κ3) is 1.13. The van der Waals surface area contributed by atoms with Crippen LogP contribution in [0.5, 0.6) is 11.5 Å². The van der Waals surface area contributed by atoms with Crippen LogP contribution in [0.15, 0.2) is 24.4 Å². The molecule has 2 aromatic rings. The van der Waals surface area contributed by atoms with Gasteiger partial charge in [-0.15, -0.1) is 0 Å². The van der Waals surface area contributed by atoms with Gasteiger partial charge in [-0.2, -0.15) is 0 Å². The van der Waals surface area contributed by atoms with Crippen LogP contribution in [-0.4, -0.2) is 14.8 Å². The van der Waals surface area contributed by atoms with Crippen LogP contribution >= 0.6 is 0 Å². The fourth-order valence-corrected chi connectivity index (χ4v) is 1.49. The smallest absolute Gasteiger partial charge is 0.159 e. The normalized spacial score (nSPS) is 10.8. The van der Waals surface area contributed by atoms with E-state index in [4.69, 9.17) is 0 Å². The van der Waals surface area contributed by atoms with Gasteiger partial charge in [-0.1, -0.05) is 0 Å². The Labute approximate surface area is 75.9 Å². The average molecular weight is 177 g/mol. The maximum absolute atomic E-state index is 9.29. The van der Waals surface area contributed by atoms with Gasteiger partial charge >= 0.3 is 0 Å². The summed E-state index contributed by atoms with van der Waals surface area (Å²) in [4.78, 5) is 0. The first kappa shape index (κ1) is 7.98. The van der Waals surface area contributed by atoms with E-state index < -0.39 is 0 Å². The molecule has 0 aliphatic heterocycles. The van der Waals surface area contributed by atoms with Crippen molar-refractivity contribution in [3.05, 3.63) is 24.4 Å². The average Bonchev–Trinajstić information content (AvgIpc) is 2.48. The van der Waals surface area contributed by atoms with Crippen molar-refractivity contribution < 1.29 is 10.2 Å². The molecule has 0 amide bonds. The lowest BCUT2D eigenvalue weighted by atomic mass is 10.2. The van der Waals surface area contributed by atoms with E-state index in [9.17, 15) is 10.2 Å². The van der Waals surface area contributed by atoms with Crippen molar-refractivity contribution in [3.8, 4) is 11.5 Å². The summed E-state index contributed by atoms with van der Waals surface area (Å²) in [6.45, 7) is 2.89. The number of hydrogen-bond acceptors (Lipinski definition) is 2. The van der Waals surface area contributed by atoms with Gasteiger partial charge in [0.15, 0.2) is 11.5 Å². The molecule has 3 heteroatoms. The van der Waals surface area contributed by atoms with Gasteiger partial charge in [0, 0.05) is 24.2 Å². The van der Waals surface area contributed by atoms with E-state index in [-0.39, 0.29) is 11.5 Å². The Balaban J connectivity index is 2.77. The molecule has 0 atom stereocenters. The maximum atomic E-state index is 9.29. The topological polar surface area (TPSA) is 45.4 Å². The molecule has 0 saturated heterocycles. The van der Waals surface area contributed by atoms with Gasteiger partial charge < -0.3 is 14.8 Å². The van der Waals surface area contributed by atoms with Crippen LogP contribution < -0.4 is 0 Å². The number of nitrogens with zero attached hydrogens (tertiary/aromatic N) is 1. The Hall–Kier alpha value is -1.64. The highest BCUT2D eigenvalue weighted by Crippen LogP contribution is 2.30. The first-order valence-electron chi connectivity index (χ1n) is 4.23. The van der Waals surface area contributed by atoms with E-state index in [1.165, 1.54) is 0 Å². The Morgan fingerprint density at radius 3 is 2.62 bits per heavy atom. The van der Waals surface area contributed by atoms with E-state index in [2.05, 4.69) is 0 Å². The van der Waals surface area contributed by atoms with Crippen molar-refractivity contribution >= 4 is 10.9 Å². The first-order chi connectivity index (χ1) is 6.22. The third-order valence-electron chi connectivity index (χ3n) is 2.21. The summed E-state index contributed by atoms with van der Waals surface area (Å²) in [6, 6.07) is 5.06. The summed E-state index contributed by atoms with van der Waals surface area (Å²) in [5.41, 5.74) is 0.942. The van der Waals surface area contributed by atoms with Crippen molar-refractivity contribution in [2.24, 2.45) is 0 Å². The Kier molecular flexibility index (Phi) is 1.65. The number of aromatic nitrogens is 1. The number of aryl methyl sites for hydroxylation is 1. The summed E-state index contributed by atoms with van der Waals surface area (Å²) in [5.74, 6) is -0.137. The number of phenolic OH excluding ortho intramolecular Hbond substituents is 2. The predicted molar refractivity (Wildman–Crippen MR) is 50.9 cm³/mol. The molecule has 0 aliphatic rings. The second-order valence-corrected chi connectivity index (χ2v) is 3.00. The van der Waals surface area contributed by atoms with Crippen LogP contribution in [0.1, 0.15) is 6.92 Å². The van der Waals surface area contributed by atoms with Crippen molar-refractivity contribution in [3.63, 3.8) is 0 Å². The fourth-order valence-electron chi connectivity index (χ4n) is 1.49. The van der Waals surface area contributed by atoms with Crippen LogP contribution in [0.4, 0.5) is 0 Å². The number of phenols is 2. The van der Waals surface area contributed by atoms with Crippen molar-refractivity contribution in [2.45, 2.75) is 13.5 Å². The monoisotopic (exact) mass is 177 g/mol. The Bertz CT molecular complexity index is 445. The highest BCUT2D eigenvalue weighted by Gasteiger charge is 2.04. The molecule has 0 fully saturated rings. The highest BCUT2D eigenvalue weighted by atomic mass is 16.3. The van der Waals surface area contributed by atoms with Gasteiger partial charge in [0.25, 0.3) is 0 Å². The number of aromatic hydroxyl groups is 2. The first-order valence-corrected chi connectivity index (χ1v) is 4.23. The van der Waals surface area contributed by atoms with Crippen LogP contribution in [0, 0.1) is 0 Å². The molecule has 0 aliphatic carbocycles. The van der Waals surface area contributed by atoms with Gasteiger partial charge in [-0.05, 0) is 19.1 Å². The molecule has 0 unspecified atom stereocenters. The van der Waals surface area contributed by atoms with Crippen LogP contribution in [0.3, 0.4) is 0 Å². The summed E-state index contributed by atoms with van der Waals surface area (Å²) in [7, 11) is 0. The molecule has 0 saturated carbocycles. The minimum Gasteiger partial charge on any atom is -0.504 e. The fraction of sp³-hybridized carbons (Fsp3) is 0.200. The van der Waals surface area contributed by atoms with Crippen molar-refractivity contribution in [2.75, 3.05) is 0 Å². The molecule has 3 nitrogen and oxygen atoms in total. The maximum Gasteiger partial charge on any atom is 0.159 e. The summed E-state index contributed by atoms with van der Waals surface area (Å²) >= 11 is 0. The van der Waals surface area contributed by atoms with Crippen LogP contribution in [-0.2, 0) is 6.54 Å². The molecule has 0 spiro atoms. The van der Waals surface area contributed by atoms with Crippen LogP contribution in [0.2, 0.25) is 0 Å². The molecule has 0 radical (unpaired) electrons. The predicted octanol–water partition coefficient (Wildman–Crippen LogP) is 2.07. The number of fused-ring (bicyclic) bond motifs is 1. The van der Waals surface area contributed by atoms with Gasteiger partial charge in [0.05, 0.1) is 5.52 Å². The minimum absolute atomic E-state index is 0.0682. The molecule has 68 valence electrons. The largest absolute Gasteiger partial charge is 0.504 e. The lowest BCUT2D eigenvalue weighted by Gasteiger charge is -2.02. The molecule has 2 N–H and O–H groups in total. The summed E-state index contributed by atoms with van der Waals surface area (Å²) < 4.78 is 2.01. The van der Waals surface area contributed by atoms with Crippen molar-refractivity contribution in [1.29, 1.82) is 0 Å². The lowest BCUT2D eigenvalue weighted by Crippen LogP contribution is -1.89. The third-order valence-corrected chi connectivity index (χ3v) is 2.21. The lowest BCUT2D eigenvalue weighted by molar-refractivity contribution is 0.404. The van der Waals surface area contributed by atoms with E-state index in [0.717, 1.165) is 17.4 Å². The zero-order valence-electron chi connectivity index (χ0n) is 7.36. The molecule has 1 heterocycles. The van der Waals surface area contributed by atoms with E-state index in [0.29, 0.717) is 0 Å².